The van der Waals surface area contributed by atoms with E-state index in [2.05, 4.69) is 9.88 Å². The molecule has 1 aromatic heterocycles. The molecule has 21 heavy (non-hydrogen) atoms. The van der Waals surface area contributed by atoms with Gasteiger partial charge in [-0.05, 0) is 38.2 Å². The Balaban J connectivity index is 1.93. The average molecular weight is 306 g/mol. The second kappa shape index (κ2) is 5.27. The van der Waals surface area contributed by atoms with Crippen molar-refractivity contribution in [3.8, 4) is 0 Å². The van der Waals surface area contributed by atoms with Gasteiger partial charge in [0.15, 0.2) is 5.76 Å². The number of nitrogens with zero attached hydrogens (tertiary/aromatic N) is 1. The molecule has 1 fully saturated rings. The lowest BCUT2D eigenvalue weighted by Gasteiger charge is -2.18. The summed E-state index contributed by atoms with van der Waals surface area (Å²) in [5.41, 5.74) is 1.39. The summed E-state index contributed by atoms with van der Waals surface area (Å²) >= 11 is 0. The molecule has 0 radical (unpaired) electrons. The molecule has 0 saturated heterocycles. The minimum Gasteiger partial charge on any atom is -0.360 e. The number of rotatable bonds is 5. The van der Waals surface area contributed by atoms with Gasteiger partial charge in [0.2, 0.25) is 10.0 Å². The molecule has 1 aliphatic carbocycles. The van der Waals surface area contributed by atoms with Crippen LogP contribution in [0.15, 0.2) is 39.8 Å². The first-order chi connectivity index (χ1) is 9.99. The molecule has 6 heteroatoms. The quantitative estimate of drug-likeness (QED) is 0.922. The topological polar surface area (TPSA) is 72.2 Å². The van der Waals surface area contributed by atoms with E-state index >= 15 is 0 Å². The molecule has 0 spiro atoms. The van der Waals surface area contributed by atoms with Crippen LogP contribution < -0.4 is 4.72 Å². The molecule has 0 amide bonds. The van der Waals surface area contributed by atoms with Gasteiger partial charge in [0.05, 0.1) is 0 Å². The molecule has 2 aromatic rings. The normalized spacial score (nSPS) is 16.9. The maximum Gasteiger partial charge on any atom is 0.246 e. The Morgan fingerprint density at radius 3 is 2.43 bits per heavy atom. The zero-order valence-corrected chi connectivity index (χ0v) is 12.9. The smallest absolute Gasteiger partial charge is 0.246 e. The van der Waals surface area contributed by atoms with E-state index in [1.54, 1.807) is 13.8 Å². The van der Waals surface area contributed by atoms with Crippen molar-refractivity contribution in [2.75, 3.05) is 0 Å². The number of hydrogen-bond donors (Lipinski definition) is 1. The molecule has 112 valence electrons. The Hall–Kier alpha value is -1.66. The van der Waals surface area contributed by atoms with Crippen molar-refractivity contribution >= 4 is 10.0 Å². The highest BCUT2D eigenvalue weighted by atomic mass is 32.2. The van der Waals surface area contributed by atoms with Crippen LogP contribution in [0.25, 0.3) is 0 Å². The fraction of sp³-hybridized carbons (Fsp3) is 0.400. The van der Waals surface area contributed by atoms with Gasteiger partial charge in [-0.3, -0.25) is 0 Å². The summed E-state index contributed by atoms with van der Waals surface area (Å²) in [4.78, 5) is 0.157. The Morgan fingerprint density at radius 1 is 1.24 bits per heavy atom. The minimum atomic E-state index is -3.64. The fourth-order valence-corrected chi connectivity index (χ4v) is 4.23. The molecule has 1 aliphatic rings. The van der Waals surface area contributed by atoms with Gasteiger partial charge in [-0.2, -0.15) is 0 Å². The molecule has 1 heterocycles. The number of aromatic nitrogens is 1. The minimum absolute atomic E-state index is 0.157. The van der Waals surface area contributed by atoms with Crippen LogP contribution in [0.1, 0.15) is 35.9 Å². The third-order valence-corrected chi connectivity index (χ3v) is 5.46. The molecule has 0 bridgehead atoms. The van der Waals surface area contributed by atoms with Crippen LogP contribution in [-0.2, 0) is 10.0 Å². The first-order valence-electron chi connectivity index (χ1n) is 6.99. The van der Waals surface area contributed by atoms with E-state index in [1.165, 1.54) is 0 Å². The summed E-state index contributed by atoms with van der Waals surface area (Å²) in [5.74, 6) is 0.685. The van der Waals surface area contributed by atoms with Crippen LogP contribution >= 0.6 is 0 Å². The van der Waals surface area contributed by atoms with E-state index in [0.29, 0.717) is 17.4 Å². The van der Waals surface area contributed by atoms with Crippen molar-refractivity contribution in [2.24, 2.45) is 5.92 Å². The van der Waals surface area contributed by atoms with E-state index in [0.717, 1.165) is 18.4 Å². The van der Waals surface area contributed by atoms with Crippen molar-refractivity contribution < 1.29 is 12.9 Å². The summed E-state index contributed by atoms with van der Waals surface area (Å²) in [5, 5.41) is 3.73. The fourth-order valence-electron chi connectivity index (χ4n) is 2.61. The third-order valence-electron chi connectivity index (χ3n) is 3.77. The second-order valence-corrected chi connectivity index (χ2v) is 7.15. The van der Waals surface area contributed by atoms with Gasteiger partial charge in [-0.1, -0.05) is 35.5 Å². The van der Waals surface area contributed by atoms with Crippen LogP contribution in [0.2, 0.25) is 0 Å². The zero-order valence-electron chi connectivity index (χ0n) is 12.0. The second-order valence-electron chi connectivity index (χ2n) is 5.50. The van der Waals surface area contributed by atoms with Crippen LogP contribution in [0.3, 0.4) is 0 Å². The van der Waals surface area contributed by atoms with Gasteiger partial charge in [0, 0.05) is 6.04 Å². The number of nitrogens with one attached hydrogen (secondary N) is 1. The van der Waals surface area contributed by atoms with Crippen molar-refractivity contribution in [2.45, 2.75) is 37.6 Å². The van der Waals surface area contributed by atoms with Crippen LogP contribution in [-0.4, -0.2) is 13.6 Å². The Bertz CT molecular complexity index is 714. The summed E-state index contributed by atoms with van der Waals surface area (Å²) in [6, 6.07) is 9.50. The number of hydrogen-bond acceptors (Lipinski definition) is 4. The molecule has 1 saturated carbocycles. The summed E-state index contributed by atoms with van der Waals surface area (Å²) in [6.45, 7) is 3.25. The van der Waals surface area contributed by atoms with Crippen molar-refractivity contribution in [1.29, 1.82) is 0 Å². The summed E-state index contributed by atoms with van der Waals surface area (Å²) in [6.07, 6.45) is 2.09. The molecular weight excluding hydrogens is 288 g/mol. The molecule has 1 atom stereocenters. The molecule has 5 nitrogen and oxygen atoms in total. The molecule has 0 unspecified atom stereocenters. The maximum atomic E-state index is 12.6. The Morgan fingerprint density at radius 2 is 1.90 bits per heavy atom. The Labute approximate surface area is 124 Å². The molecule has 1 N–H and O–H groups in total. The largest absolute Gasteiger partial charge is 0.360 e. The van der Waals surface area contributed by atoms with Crippen LogP contribution in [0.4, 0.5) is 0 Å². The lowest BCUT2D eigenvalue weighted by molar-refractivity contribution is 0.390. The number of aryl methyl sites for hydroxylation is 2. The predicted molar refractivity (Wildman–Crippen MR) is 78.2 cm³/mol. The van der Waals surface area contributed by atoms with E-state index < -0.39 is 10.0 Å². The molecule has 3 rings (SSSR count). The van der Waals surface area contributed by atoms with Crippen molar-refractivity contribution in [3.63, 3.8) is 0 Å². The van der Waals surface area contributed by atoms with Gasteiger partial charge < -0.3 is 4.52 Å². The first kappa shape index (κ1) is 14.3. The van der Waals surface area contributed by atoms with Gasteiger partial charge in [0.1, 0.15) is 10.6 Å². The van der Waals surface area contributed by atoms with Crippen molar-refractivity contribution in [3.05, 3.63) is 47.3 Å². The number of benzene rings is 1. The van der Waals surface area contributed by atoms with E-state index in [-0.39, 0.29) is 10.9 Å². The van der Waals surface area contributed by atoms with Gasteiger partial charge >= 0.3 is 0 Å². The predicted octanol–water partition coefficient (Wildman–Crippen LogP) is 2.72. The first-order valence-corrected chi connectivity index (χ1v) is 8.47. The van der Waals surface area contributed by atoms with Gasteiger partial charge in [-0.25, -0.2) is 13.1 Å². The van der Waals surface area contributed by atoms with Crippen LogP contribution in [0, 0.1) is 19.8 Å². The van der Waals surface area contributed by atoms with Gasteiger partial charge in [-0.15, -0.1) is 0 Å². The van der Waals surface area contributed by atoms with Crippen LogP contribution in [0.5, 0.6) is 0 Å². The monoisotopic (exact) mass is 306 g/mol. The molecule has 1 aromatic carbocycles. The number of sulfonamides is 1. The van der Waals surface area contributed by atoms with E-state index in [4.69, 9.17) is 4.52 Å². The zero-order chi connectivity index (χ0) is 15.0. The maximum absolute atomic E-state index is 12.6. The average Bonchev–Trinajstić information content (AvgIpc) is 3.23. The molecular formula is C15H18N2O3S. The highest BCUT2D eigenvalue weighted by Crippen LogP contribution is 2.41. The van der Waals surface area contributed by atoms with Gasteiger partial charge in [0.25, 0.3) is 0 Å². The van der Waals surface area contributed by atoms with E-state index in [1.807, 2.05) is 30.3 Å². The highest BCUT2D eigenvalue weighted by Gasteiger charge is 2.36. The van der Waals surface area contributed by atoms with E-state index in [9.17, 15) is 8.42 Å². The lowest BCUT2D eigenvalue weighted by Crippen LogP contribution is -2.30. The lowest BCUT2D eigenvalue weighted by atomic mass is 10.0. The molecule has 0 aliphatic heterocycles. The third kappa shape index (κ3) is 2.87. The van der Waals surface area contributed by atoms with Crippen molar-refractivity contribution in [1.82, 2.24) is 9.88 Å². The Kier molecular flexibility index (Phi) is 3.59. The standard InChI is InChI=1S/C15H18N2O3S/c1-10-15(11(2)20-16-10)21(18,19)17-14(13-8-9-13)12-6-4-3-5-7-12/h3-7,13-14,17H,8-9H2,1-2H3/t14-/m0/s1. The summed E-state index contributed by atoms with van der Waals surface area (Å²) in [7, 11) is -3.64. The highest BCUT2D eigenvalue weighted by molar-refractivity contribution is 7.89. The summed E-state index contributed by atoms with van der Waals surface area (Å²) < 4.78 is 33.1. The SMILES string of the molecule is Cc1noc(C)c1S(=O)(=O)N[C@@H](c1ccccc1)C1CC1.